The zero-order valence-electron chi connectivity index (χ0n) is 10.9. The van der Waals surface area contributed by atoms with E-state index in [1.807, 2.05) is 0 Å². The van der Waals surface area contributed by atoms with Gasteiger partial charge < -0.3 is 5.11 Å². The topological polar surface area (TPSA) is 64.3 Å². The lowest BCUT2D eigenvalue weighted by Crippen LogP contribution is -2.43. The van der Waals surface area contributed by atoms with Crippen molar-refractivity contribution >= 4 is 5.97 Å². The Morgan fingerprint density at radius 2 is 2.22 bits per heavy atom. The van der Waals surface area contributed by atoms with Gasteiger partial charge in [-0.05, 0) is 44.1 Å². The molecule has 2 rings (SSSR count). The third-order valence-electron chi connectivity index (χ3n) is 4.39. The molecule has 1 N–H and O–H groups in total. The van der Waals surface area contributed by atoms with E-state index in [2.05, 4.69) is 11.0 Å². The first-order valence-corrected chi connectivity index (χ1v) is 6.98. The number of nitriles is 1. The zero-order chi connectivity index (χ0) is 13.0. The summed E-state index contributed by atoms with van der Waals surface area (Å²) in [4.78, 5) is 13.1. The van der Waals surface area contributed by atoms with E-state index in [9.17, 15) is 4.79 Å². The Morgan fingerprint density at radius 3 is 2.83 bits per heavy atom. The van der Waals surface area contributed by atoms with Crippen LogP contribution in [-0.2, 0) is 4.79 Å². The standard InChI is InChI=1S/C14H22N2O2/c15-9-8-14(6-7-14)11-16-10-2-1-3-12(16)4-5-13(17)18/h12H,1-8,10-11H2,(H,17,18). The highest BCUT2D eigenvalue weighted by Gasteiger charge is 2.44. The third-order valence-corrected chi connectivity index (χ3v) is 4.39. The van der Waals surface area contributed by atoms with E-state index in [4.69, 9.17) is 10.4 Å². The average Bonchev–Trinajstić information content (AvgIpc) is 3.08. The Hall–Kier alpha value is -1.08. The molecule has 0 aromatic carbocycles. The van der Waals surface area contributed by atoms with Crippen molar-refractivity contribution in [2.45, 2.75) is 57.4 Å². The largest absolute Gasteiger partial charge is 0.481 e. The molecule has 0 amide bonds. The van der Waals surface area contributed by atoms with Crippen LogP contribution >= 0.6 is 0 Å². The molecule has 1 aliphatic heterocycles. The van der Waals surface area contributed by atoms with E-state index >= 15 is 0 Å². The molecule has 1 atom stereocenters. The number of aliphatic carboxylic acids is 1. The summed E-state index contributed by atoms with van der Waals surface area (Å²) < 4.78 is 0. The van der Waals surface area contributed by atoms with E-state index in [0.717, 1.165) is 25.9 Å². The lowest BCUT2D eigenvalue weighted by Gasteiger charge is -2.37. The van der Waals surface area contributed by atoms with Crippen LogP contribution in [0.3, 0.4) is 0 Å². The van der Waals surface area contributed by atoms with Crippen LogP contribution in [0.25, 0.3) is 0 Å². The van der Waals surface area contributed by atoms with Gasteiger partial charge in [-0.2, -0.15) is 5.26 Å². The molecule has 4 nitrogen and oxygen atoms in total. The fraction of sp³-hybridized carbons (Fsp3) is 0.857. The third kappa shape index (κ3) is 3.46. The molecule has 0 radical (unpaired) electrons. The van der Waals surface area contributed by atoms with Gasteiger partial charge in [0.2, 0.25) is 0 Å². The molecule has 0 bridgehead atoms. The molecular formula is C14H22N2O2. The number of carboxylic acids is 1. The smallest absolute Gasteiger partial charge is 0.303 e. The number of piperidine rings is 1. The van der Waals surface area contributed by atoms with E-state index in [1.165, 1.54) is 25.7 Å². The van der Waals surface area contributed by atoms with Crippen LogP contribution in [0.1, 0.15) is 51.4 Å². The molecular weight excluding hydrogens is 228 g/mol. The molecule has 100 valence electrons. The highest BCUT2D eigenvalue weighted by atomic mass is 16.4. The predicted octanol–water partition coefficient (Wildman–Crippen LogP) is 2.40. The summed E-state index contributed by atoms with van der Waals surface area (Å²) in [6.45, 7) is 2.09. The molecule has 1 heterocycles. The first kappa shape index (κ1) is 13.4. The second-order valence-electron chi connectivity index (χ2n) is 5.89. The summed E-state index contributed by atoms with van der Waals surface area (Å²) in [6, 6.07) is 2.73. The second-order valence-corrected chi connectivity index (χ2v) is 5.89. The molecule has 0 aromatic rings. The molecule has 2 aliphatic rings. The van der Waals surface area contributed by atoms with Gasteiger partial charge in [-0.25, -0.2) is 0 Å². The molecule has 0 spiro atoms. The van der Waals surface area contributed by atoms with Crippen molar-refractivity contribution in [3.8, 4) is 6.07 Å². The summed E-state index contributed by atoms with van der Waals surface area (Å²) in [7, 11) is 0. The highest BCUT2D eigenvalue weighted by Crippen LogP contribution is 2.49. The first-order chi connectivity index (χ1) is 8.65. The predicted molar refractivity (Wildman–Crippen MR) is 68.0 cm³/mol. The Bertz CT molecular complexity index is 344. The zero-order valence-corrected chi connectivity index (χ0v) is 10.9. The van der Waals surface area contributed by atoms with Crippen LogP contribution in [-0.4, -0.2) is 35.1 Å². The SMILES string of the molecule is N#CCC1(CN2CCCCC2CCC(=O)O)CC1. The van der Waals surface area contributed by atoms with Crippen molar-refractivity contribution in [3.63, 3.8) is 0 Å². The van der Waals surface area contributed by atoms with Crippen molar-refractivity contribution in [1.82, 2.24) is 4.90 Å². The van der Waals surface area contributed by atoms with Crippen LogP contribution < -0.4 is 0 Å². The van der Waals surface area contributed by atoms with Crippen molar-refractivity contribution in [2.75, 3.05) is 13.1 Å². The van der Waals surface area contributed by atoms with Crippen LogP contribution in [0.5, 0.6) is 0 Å². The van der Waals surface area contributed by atoms with Gasteiger partial charge in [-0.1, -0.05) is 6.42 Å². The van der Waals surface area contributed by atoms with Gasteiger partial charge in [0, 0.05) is 25.4 Å². The minimum Gasteiger partial charge on any atom is -0.481 e. The van der Waals surface area contributed by atoms with Gasteiger partial charge in [0.05, 0.1) is 6.07 Å². The Kier molecular flexibility index (Phi) is 4.23. The second kappa shape index (κ2) is 5.71. The van der Waals surface area contributed by atoms with Gasteiger partial charge >= 0.3 is 5.97 Å². The van der Waals surface area contributed by atoms with Crippen molar-refractivity contribution in [3.05, 3.63) is 0 Å². The number of carboxylic acid groups (broad SMARTS) is 1. The highest BCUT2D eigenvalue weighted by molar-refractivity contribution is 5.66. The monoisotopic (exact) mass is 250 g/mol. The van der Waals surface area contributed by atoms with Crippen molar-refractivity contribution < 1.29 is 9.90 Å². The Balaban J connectivity index is 1.87. The summed E-state index contributed by atoms with van der Waals surface area (Å²) in [5.41, 5.74) is 0.244. The number of hydrogen-bond acceptors (Lipinski definition) is 3. The van der Waals surface area contributed by atoms with Crippen molar-refractivity contribution in [2.24, 2.45) is 5.41 Å². The Labute approximate surface area is 109 Å². The maximum absolute atomic E-state index is 10.7. The maximum atomic E-state index is 10.7. The molecule has 1 saturated carbocycles. The molecule has 4 heteroatoms. The van der Waals surface area contributed by atoms with Gasteiger partial charge in [0.1, 0.15) is 0 Å². The summed E-state index contributed by atoms with van der Waals surface area (Å²) >= 11 is 0. The molecule has 18 heavy (non-hydrogen) atoms. The molecule has 1 saturated heterocycles. The number of rotatable bonds is 6. The fourth-order valence-corrected chi connectivity index (χ4v) is 3.05. The van der Waals surface area contributed by atoms with E-state index < -0.39 is 5.97 Å². The van der Waals surface area contributed by atoms with Crippen LogP contribution in [0.15, 0.2) is 0 Å². The molecule has 2 fully saturated rings. The van der Waals surface area contributed by atoms with Gasteiger partial charge in [-0.3, -0.25) is 9.69 Å². The van der Waals surface area contributed by atoms with Crippen LogP contribution in [0.2, 0.25) is 0 Å². The maximum Gasteiger partial charge on any atom is 0.303 e. The van der Waals surface area contributed by atoms with Crippen LogP contribution in [0.4, 0.5) is 0 Å². The summed E-state index contributed by atoms with van der Waals surface area (Å²) in [6.07, 6.45) is 7.58. The lowest BCUT2D eigenvalue weighted by molar-refractivity contribution is -0.137. The molecule has 1 unspecified atom stereocenters. The Morgan fingerprint density at radius 1 is 1.44 bits per heavy atom. The number of nitrogens with zero attached hydrogens (tertiary/aromatic N) is 2. The number of hydrogen-bond donors (Lipinski definition) is 1. The van der Waals surface area contributed by atoms with E-state index in [1.54, 1.807) is 0 Å². The number of carbonyl (C=O) groups is 1. The van der Waals surface area contributed by atoms with Gasteiger partial charge in [0.25, 0.3) is 0 Å². The minimum absolute atomic E-state index is 0.244. The van der Waals surface area contributed by atoms with Gasteiger partial charge in [-0.15, -0.1) is 0 Å². The molecule has 0 aromatic heterocycles. The minimum atomic E-state index is -0.696. The van der Waals surface area contributed by atoms with Gasteiger partial charge in [0.15, 0.2) is 0 Å². The quantitative estimate of drug-likeness (QED) is 0.786. The lowest BCUT2D eigenvalue weighted by atomic mass is 9.94. The normalized spacial score (nSPS) is 26.5. The average molecular weight is 250 g/mol. The summed E-state index contributed by atoms with van der Waals surface area (Å²) in [5.74, 6) is -0.696. The first-order valence-electron chi connectivity index (χ1n) is 6.98. The van der Waals surface area contributed by atoms with E-state index in [-0.39, 0.29) is 11.8 Å². The van der Waals surface area contributed by atoms with Crippen LogP contribution in [0, 0.1) is 16.7 Å². The fourth-order valence-electron chi connectivity index (χ4n) is 3.05. The van der Waals surface area contributed by atoms with Crippen molar-refractivity contribution in [1.29, 1.82) is 5.26 Å². The summed E-state index contributed by atoms with van der Waals surface area (Å²) in [5, 5.41) is 17.7. The van der Waals surface area contributed by atoms with E-state index in [0.29, 0.717) is 12.5 Å². The number of likely N-dealkylation sites (tertiary alicyclic amines) is 1. The molecule has 1 aliphatic carbocycles.